The standard InChI is InChI=1S/C15H21N3O4S/c1-12-4-6-14(7-5-12)23(19,20)16-8-9-18(2)11-13-10-15(21-3)17-22-13/h4-7,10,16H,8-9,11H2,1-3H3. The minimum atomic E-state index is -3.48. The summed E-state index contributed by atoms with van der Waals surface area (Å²) >= 11 is 0. The molecule has 1 aromatic carbocycles. The molecular formula is C15H21N3O4S. The highest BCUT2D eigenvalue weighted by Crippen LogP contribution is 2.12. The van der Waals surface area contributed by atoms with Crippen LogP contribution in [0.1, 0.15) is 11.3 Å². The Kier molecular flexibility index (Phi) is 5.75. The second-order valence-electron chi connectivity index (χ2n) is 5.28. The number of methoxy groups -OCH3 is 1. The number of hydrogen-bond donors (Lipinski definition) is 1. The van der Waals surface area contributed by atoms with E-state index in [4.69, 9.17) is 9.26 Å². The molecule has 1 aromatic heterocycles. The van der Waals surface area contributed by atoms with Crippen molar-refractivity contribution in [3.8, 4) is 5.88 Å². The first-order valence-corrected chi connectivity index (χ1v) is 8.63. The van der Waals surface area contributed by atoms with Gasteiger partial charge in [-0.15, -0.1) is 0 Å². The molecule has 1 heterocycles. The topological polar surface area (TPSA) is 84.7 Å². The Bertz CT molecular complexity index is 725. The van der Waals surface area contributed by atoms with Crippen LogP contribution >= 0.6 is 0 Å². The maximum Gasteiger partial charge on any atom is 0.254 e. The van der Waals surface area contributed by atoms with Crippen molar-refractivity contribution in [2.45, 2.75) is 18.4 Å². The molecule has 0 saturated carbocycles. The lowest BCUT2D eigenvalue weighted by molar-refractivity contribution is 0.268. The Morgan fingerprint density at radius 2 is 2.00 bits per heavy atom. The van der Waals surface area contributed by atoms with Crippen molar-refractivity contribution >= 4 is 10.0 Å². The zero-order valence-corrected chi connectivity index (χ0v) is 14.3. The largest absolute Gasteiger partial charge is 0.479 e. The van der Waals surface area contributed by atoms with Crippen LogP contribution in [0.5, 0.6) is 5.88 Å². The molecule has 0 aliphatic carbocycles. The zero-order chi connectivity index (χ0) is 16.9. The Morgan fingerprint density at radius 3 is 2.61 bits per heavy atom. The second kappa shape index (κ2) is 7.58. The Labute approximate surface area is 136 Å². The number of aryl methyl sites for hydroxylation is 1. The summed E-state index contributed by atoms with van der Waals surface area (Å²) in [6.45, 7) is 3.27. The third-order valence-corrected chi connectivity index (χ3v) is 4.77. The molecule has 0 amide bonds. The summed E-state index contributed by atoms with van der Waals surface area (Å²) in [5, 5.41) is 3.72. The van der Waals surface area contributed by atoms with Gasteiger partial charge >= 0.3 is 0 Å². The van der Waals surface area contributed by atoms with Crippen molar-refractivity contribution in [3.05, 3.63) is 41.7 Å². The van der Waals surface area contributed by atoms with Crippen molar-refractivity contribution in [1.82, 2.24) is 14.8 Å². The van der Waals surface area contributed by atoms with E-state index in [0.29, 0.717) is 31.3 Å². The summed E-state index contributed by atoms with van der Waals surface area (Å²) in [5.74, 6) is 1.08. The van der Waals surface area contributed by atoms with E-state index in [0.717, 1.165) is 5.56 Å². The normalized spacial score (nSPS) is 11.8. The van der Waals surface area contributed by atoms with Crippen LogP contribution in [0.2, 0.25) is 0 Å². The van der Waals surface area contributed by atoms with Crippen LogP contribution in [-0.4, -0.2) is 45.7 Å². The van der Waals surface area contributed by atoms with E-state index in [1.165, 1.54) is 7.11 Å². The van der Waals surface area contributed by atoms with E-state index in [1.54, 1.807) is 30.3 Å². The predicted octanol–water partition coefficient (Wildman–Crippen LogP) is 1.40. The van der Waals surface area contributed by atoms with Gasteiger partial charge in [0.05, 0.1) is 18.6 Å². The maximum absolute atomic E-state index is 12.2. The van der Waals surface area contributed by atoms with E-state index in [2.05, 4.69) is 9.88 Å². The summed E-state index contributed by atoms with van der Waals surface area (Å²) in [7, 11) is -0.0886. The number of ether oxygens (including phenoxy) is 1. The molecule has 0 bridgehead atoms. The summed E-state index contributed by atoms with van der Waals surface area (Å²) in [5.41, 5.74) is 1.02. The van der Waals surface area contributed by atoms with Crippen LogP contribution in [0, 0.1) is 6.92 Å². The molecule has 0 saturated heterocycles. The fraction of sp³-hybridized carbons (Fsp3) is 0.400. The Morgan fingerprint density at radius 1 is 1.30 bits per heavy atom. The summed E-state index contributed by atoms with van der Waals surface area (Å²) < 4.78 is 36.9. The van der Waals surface area contributed by atoms with Gasteiger partial charge in [0.2, 0.25) is 10.0 Å². The van der Waals surface area contributed by atoms with Gasteiger partial charge in [-0.2, -0.15) is 0 Å². The lowest BCUT2D eigenvalue weighted by Gasteiger charge is -2.15. The molecule has 0 fully saturated rings. The fourth-order valence-electron chi connectivity index (χ4n) is 1.98. The first kappa shape index (κ1) is 17.5. The van der Waals surface area contributed by atoms with Gasteiger partial charge in [-0.05, 0) is 31.3 Å². The molecule has 23 heavy (non-hydrogen) atoms. The third-order valence-electron chi connectivity index (χ3n) is 3.29. The number of nitrogens with zero attached hydrogens (tertiary/aromatic N) is 2. The third kappa shape index (κ3) is 5.05. The number of likely N-dealkylation sites (N-methyl/N-ethyl adjacent to an activating group) is 1. The molecule has 8 heteroatoms. The Balaban J connectivity index is 1.82. The molecule has 0 spiro atoms. The fourth-order valence-corrected chi connectivity index (χ4v) is 3.00. The molecule has 0 unspecified atom stereocenters. The van der Waals surface area contributed by atoms with Gasteiger partial charge in [0.1, 0.15) is 0 Å². The lowest BCUT2D eigenvalue weighted by Crippen LogP contribution is -2.32. The van der Waals surface area contributed by atoms with Crippen LogP contribution in [0.4, 0.5) is 0 Å². The van der Waals surface area contributed by atoms with E-state index >= 15 is 0 Å². The molecule has 0 aliphatic heterocycles. The number of nitrogens with one attached hydrogen (secondary N) is 1. The zero-order valence-electron chi connectivity index (χ0n) is 13.4. The average molecular weight is 339 g/mol. The molecule has 0 aliphatic rings. The first-order valence-electron chi connectivity index (χ1n) is 7.15. The molecule has 126 valence electrons. The van der Waals surface area contributed by atoms with Crippen molar-refractivity contribution in [3.63, 3.8) is 0 Å². The van der Waals surface area contributed by atoms with Gasteiger partial charge in [0.15, 0.2) is 5.76 Å². The maximum atomic E-state index is 12.2. The van der Waals surface area contributed by atoms with Crippen molar-refractivity contribution < 1.29 is 17.7 Å². The van der Waals surface area contributed by atoms with Gasteiger partial charge in [0, 0.05) is 19.2 Å². The van der Waals surface area contributed by atoms with Crippen molar-refractivity contribution in [2.24, 2.45) is 0 Å². The van der Waals surface area contributed by atoms with Crippen LogP contribution in [0.3, 0.4) is 0 Å². The molecule has 2 aromatic rings. The van der Waals surface area contributed by atoms with Crippen LogP contribution in [0.15, 0.2) is 39.8 Å². The van der Waals surface area contributed by atoms with Gasteiger partial charge in [-0.25, -0.2) is 13.1 Å². The van der Waals surface area contributed by atoms with Crippen LogP contribution < -0.4 is 9.46 Å². The highest BCUT2D eigenvalue weighted by Gasteiger charge is 2.14. The first-order chi connectivity index (χ1) is 10.9. The van der Waals surface area contributed by atoms with Gasteiger partial charge in [-0.1, -0.05) is 17.7 Å². The lowest BCUT2D eigenvalue weighted by atomic mass is 10.2. The number of rotatable bonds is 8. The highest BCUT2D eigenvalue weighted by molar-refractivity contribution is 7.89. The van der Waals surface area contributed by atoms with E-state index in [-0.39, 0.29) is 4.90 Å². The number of benzene rings is 1. The van der Waals surface area contributed by atoms with E-state index in [1.807, 2.05) is 18.9 Å². The van der Waals surface area contributed by atoms with Gasteiger partial charge in [0.25, 0.3) is 5.88 Å². The minimum Gasteiger partial charge on any atom is -0.479 e. The van der Waals surface area contributed by atoms with E-state index < -0.39 is 10.0 Å². The average Bonchev–Trinajstić information content (AvgIpc) is 2.95. The van der Waals surface area contributed by atoms with Crippen LogP contribution in [-0.2, 0) is 16.6 Å². The predicted molar refractivity (Wildman–Crippen MR) is 85.8 cm³/mol. The molecular weight excluding hydrogens is 318 g/mol. The van der Waals surface area contributed by atoms with Gasteiger partial charge in [-0.3, -0.25) is 4.90 Å². The van der Waals surface area contributed by atoms with E-state index in [9.17, 15) is 8.42 Å². The van der Waals surface area contributed by atoms with Crippen LogP contribution in [0.25, 0.3) is 0 Å². The van der Waals surface area contributed by atoms with Crippen molar-refractivity contribution in [1.29, 1.82) is 0 Å². The van der Waals surface area contributed by atoms with Crippen molar-refractivity contribution in [2.75, 3.05) is 27.2 Å². The second-order valence-corrected chi connectivity index (χ2v) is 7.05. The Hall–Kier alpha value is -1.90. The number of aromatic nitrogens is 1. The minimum absolute atomic E-state index is 0.269. The summed E-state index contributed by atoms with van der Waals surface area (Å²) in [4.78, 5) is 2.20. The quantitative estimate of drug-likeness (QED) is 0.782. The highest BCUT2D eigenvalue weighted by atomic mass is 32.2. The molecule has 7 nitrogen and oxygen atoms in total. The molecule has 0 atom stereocenters. The molecule has 0 radical (unpaired) electrons. The number of sulfonamides is 1. The summed E-state index contributed by atoms with van der Waals surface area (Å²) in [6.07, 6.45) is 0. The molecule has 1 N–H and O–H groups in total. The smallest absolute Gasteiger partial charge is 0.254 e. The molecule has 2 rings (SSSR count). The number of hydrogen-bond acceptors (Lipinski definition) is 6. The summed E-state index contributed by atoms with van der Waals surface area (Å²) in [6, 6.07) is 8.45. The SMILES string of the molecule is COc1cc(CN(C)CCNS(=O)(=O)c2ccc(C)cc2)on1. The van der Waals surface area contributed by atoms with Gasteiger partial charge < -0.3 is 9.26 Å². The monoisotopic (exact) mass is 339 g/mol.